The molecule has 0 saturated carbocycles. The van der Waals surface area contributed by atoms with Gasteiger partial charge in [-0.2, -0.15) is 0 Å². The van der Waals surface area contributed by atoms with E-state index in [9.17, 15) is 17.6 Å². The summed E-state index contributed by atoms with van der Waals surface area (Å²) in [6, 6.07) is 9.59. The number of carbonyl (C=O) groups excluding carboxylic acids is 1. The fraction of sp³-hybridized carbons (Fsp3) is 0.0714. The molecule has 0 saturated heterocycles. The number of rotatable bonds is 3. The number of anilines is 1. The molecule has 0 heterocycles. The van der Waals surface area contributed by atoms with E-state index in [1.807, 2.05) is 0 Å². The van der Waals surface area contributed by atoms with Gasteiger partial charge in [0.2, 0.25) is 0 Å². The molecule has 7 heteroatoms. The van der Waals surface area contributed by atoms with Gasteiger partial charge < -0.3 is 5.32 Å². The lowest BCUT2D eigenvalue weighted by atomic mass is 10.2. The molecule has 21 heavy (non-hydrogen) atoms. The fourth-order valence-electron chi connectivity index (χ4n) is 1.64. The van der Waals surface area contributed by atoms with Gasteiger partial charge in [0.05, 0.1) is 4.90 Å². The Bertz CT molecular complexity index is 786. The number of carbonyl (C=O) groups is 1. The van der Waals surface area contributed by atoms with Gasteiger partial charge in [-0.3, -0.25) is 4.79 Å². The number of sulfone groups is 1. The minimum absolute atomic E-state index is 0.0788. The van der Waals surface area contributed by atoms with E-state index in [0.717, 1.165) is 12.3 Å². The molecule has 0 spiro atoms. The normalized spacial score (nSPS) is 11.2. The molecule has 2 rings (SSSR count). The van der Waals surface area contributed by atoms with E-state index in [-0.39, 0.29) is 15.4 Å². The number of amides is 1. The second kappa shape index (κ2) is 5.87. The highest BCUT2D eigenvalue weighted by molar-refractivity contribution is 7.90. The second-order valence-corrected chi connectivity index (χ2v) is 6.91. The van der Waals surface area contributed by atoms with Gasteiger partial charge in [-0.1, -0.05) is 0 Å². The van der Waals surface area contributed by atoms with Crippen molar-refractivity contribution in [1.29, 1.82) is 0 Å². The van der Waals surface area contributed by atoms with Crippen LogP contribution in [0.1, 0.15) is 10.4 Å². The predicted octanol–water partition coefficient (Wildman–Crippen LogP) is 2.77. The van der Waals surface area contributed by atoms with Crippen molar-refractivity contribution in [2.75, 3.05) is 11.6 Å². The molecule has 110 valence electrons. The molecule has 0 aliphatic heterocycles. The Morgan fingerprint density at radius 1 is 1.14 bits per heavy atom. The third-order valence-electron chi connectivity index (χ3n) is 2.75. The summed E-state index contributed by atoms with van der Waals surface area (Å²) in [5.74, 6) is -0.940. The first-order valence-corrected chi connectivity index (χ1v) is 8.21. The van der Waals surface area contributed by atoms with Crippen LogP contribution < -0.4 is 5.32 Å². The van der Waals surface area contributed by atoms with Crippen molar-refractivity contribution in [3.8, 4) is 0 Å². The molecule has 1 amide bonds. The van der Waals surface area contributed by atoms with Crippen LogP contribution in [0.15, 0.2) is 52.3 Å². The van der Waals surface area contributed by atoms with Gasteiger partial charge in [0.25, 0.3) is 5.91 Å². The third-order valence-corrected chi connectivity index (χ3v) is 4.22. The molecule has 0 aliphatic rings. The van der Waals surface area contributed by atoms with Gasteiger partial charge in [-0.05, 0) is 42.5 Å². The van der Waals surface area contributed by atoms with Crippen LogP contribution in [0.3, 0.4) is 0 Å². The average molecular weight is 325 g/mol. The minimum Gasteiger partial charge on any atom is -0.322 e. The van der Waals surface area contributed by atoms with Gasteiger partial charge in [0.1, 0.15) is 5.82 Å². The van der Waals surface area contributed by atoms with Crippen molar-refractivity contribution in [3.63, 3.8) is 0 Å². The zero-order chi connectivity index (χ0) is 15.6. The Balaban J connectivity index is 2.18. The van der Waals surface area contributed by atoms with Crippen LogP contribution in [0.25, 0.3) is 0 Å². The fourth-order valence-corrected chi connectivity index (χ4v) is 2.49. The van der Waals surface area contributed by atoms with Crippen LogP contribution in [0.4, 0.5) is 10.1 Å². The molecule has 0 unspecified atom stereocenters. The Labute approximate surface area is 127 Å². The van der Waals surface area contributed by atoms with E-state index in [1.165, 1.54) is 36.4 Å². The van der Waals surface area contributed by atoms with Crippen molar-refractivity contribution < 1.29 is 17.6 Å². The lowest BCUT2D eigenvalue weighted by molar-refractivity contribution is 0.102. The molecule has 0 atom stereocenters. The standard InChI is InChI=1S/C14H12FNO3S2/c1-21(18,19)11-5-3-10(4-6-11)16-14(17)9-2-7-12(15)13(20)8-9/h2-8,20H,1H3,(H,16,17). The number of hydrogen-bond acceptors (Lipinski definition) is 4. The van der Waals surface area contributed by atoms with Crippen molar-refractivity contribution >= 4 is 34.1 Å². The molecule has 0 aliphatic carbocycles. The van der Waals surface area contributed by atoms with E-state index in [4.69, 9.17) is 0 Å². The highest BCUT2D eigenvalue weighted by Gasteiger charge is 2.10. The monoisotopic (exact) mass is 325 g/mol. The molecule has 2 aromatic carbocycles. The summed E-state index contributed by atoms with van der Waals surface area (Å²) >= 11 is 3.91. The number of hydrogen-bond donors (Lipinski definition) is 2. The summed E-state index contributed by atoms with van der Waals surface area (Å²) in [4.78, 5) is 12.2. The van der Waals surface area contributed by atoms with E-state index in [1.54, 1.807) is 0 Å². The van der Waals surface area contributed by atoms with E-state index >= 15 is 0 Å². The third kappa shape index (κ3) is 3.83. The molecular weight excluding hydrogens is 313 g/mol. The largest absolute Gasteiger partial charge is 0.322 e. The average Bonchev–Trinajstić information content (AvgIpc) is 2.41. The van der Waals surface area contributed by atoms with E-state index in [0.29, 0.717) is 5.69 Å². The van der Waals surface area contributed by atoms with Gasteiger partial charge in [-0.15, -0.1) is 12.6 Å². The van der Waals surface area contributed by atoms with Crippen LogP contribution >= 0.6 is 12.6 Å². The van der Waals surface area contributed by atoms with Crippen LogP contribution in [0.2, 0.25) is 0 Å². The van der Waals surface area contributed by atoms with Crippen molar-refractivity contribution in [2.45, 2.75) is 9.79 Å². The molecule has 0 radical (unpaired) electrons. The highest BCUT2D eigenvalue weighted by Crippen LogP contribution is 2.17. The minimum atomic E-state index is -3.28. The lowest BCUT2D eigenvalue weighted by Gasteiger charge is -2.07. The van der Waals surface area contributed by atoms with Crippen LogP contribution in [-0.4, -0.2) is 20.6 Å². The highest BCUT2D eigenvalue weighted by atomic mass is 32.2. The first kappa shape index (κ1) is 15.5. The lowest BCUT2D eigenvalue weighted by Crippen LogP contribution is -2.12. The Hall–Kier alpha value is -1.86. The molecule has 1 N–H and O–H groups in total. The molecule has 0 fully saturated rings. The van der Waals surface area contributed by atoms with E-state index in [2.05, 4.69) is 17.9 Å². The molecule has 0 bridgehead atoms. The maximum absolute atomic E-state index is 13.1. The Kier molecular flexibility index (Phi) is 4.34. The maximum Gasteiger partial charge on any atom is 0.255 e. The summed E-state index contributed by atoms with van der Waals surface area (Å²) in [5.41, 5.74) is 0.700. The Morgan fingerprint density at radius 2 is 1.76 bits per heavy atom. The molecule has 0 aromatic heterocycles. The second-order valence-electron chi connectivity index (χ2n) is 4.42. The molecule has 4 nitrogen and oxygen atoms in total. The summed E-state index contributed by atoms with van der Waals surface area (Å²) < 4.78 is 35.7. The Morgan fingerprint density at radius 3 is 2.29 bits per heavy atom. The van der Waals surface area contributed by atoms with E-state index < -0.39 is 21.6 Å². The SMILES string of the molecule is CS(=O)(=O)c1ccc(NC(=O)c2ccc(F)c(S)c2)cc1. The molecule has 2 aromatic rings. The van der Waals surface area contributed by atoms with Gasteiger partial charge in [0, 0.05) is 22.4 Å². The summed E-state index contributed by atoms with van der Waals surface area (Å²) in [6.07, 6.45) is 1.10. The summed E-state index contributed by atoms with van der Waals surface area (Å²) in [7, 11) is -3.28. The van der Waals surface area contributed by atoms with Crippen molar-refractivity contribution in [2.24, 2.45) is 0 Å². The smallest absolute Gasteiger partial charge is 0.255 e. The maximum atomic E-state index is 13.1. The van der Waals surface area contributed by atoms with Crippen molar-refractivity contribution in [3.05, 3.63) is 53.8 Å². The van der Waals surface area contributed by atoms with Gasteiger partial charge in [0.15, 0.2) is 9.84 Å². The zero-order valence-electron chi connectivity index (χ0n) is 11.0. The summed E-state index contributed by atoms with van der Waals surface area (Å²) in [5, 5.41) is 2.59. The number of benzene rings is 2. The number of thiol groups is 1. The number of halogens is 1. The van der Waals surface area contributed by atoms with Crippen LogP contribution in [0.5, 0.6) is 0 Å². The van der Waals surface area contributed by atoms with Gasteiger partial charge in [-0.25, -0.2) is 12.8 Å². The van der Waals surface area contributed by atoms with Gasteiger partial charge >= 0.3 is 0 Å². The zero-order valence-corrected chi connectivity index (χ0v) is 12.7. The first-order chi connectivity index (χ1) is 9.77. The quantitative estimate of drug-likeness (QED) is 0.853. The predicted molar refractivity (Wildman–Crippen MR) is 81.2 cm³/mol. The number of nitrogens with one attached hydrogen (secondary N) is 1. The van der Waals surface area contributed by atoms with Crippen molar-refractivity contribution in [1.82, 2.24) is 0 Å². The molecular formula is C14H12FNO3S2. The van der Waals surface area contributed by atoms with Crippen LogP contribution in [0, 0.1) is 5.82 Å². The summed E-state index contributed by atoms with van der Waals surface area (Å²) in [6.45, 7) is 0. The first-order valence-electron chi connectivity index (χ1n) is 5.87. The topological polar surface area (TPSA) is 63.2 Å². The van der Waals surface area contributed by atoms with Crippen LogP contribution in [-0.2, 0) is 9.84 Å².